The molecular formula is C11H18N6. The summed E-state index contributed by atoms with van der Waals surface area (Å²) in [5, 5.41) is 4.35. The SMILES string of the molecule is Cc1nn(C)c(NN)c1Cn1cnc(C)c1C. The minimum atomic E-state index is 0.728. The molecule has 6 heteroatoms. The van der Waals surface area contributed by atoms with Crippen LogP contribution >= 0.6 is 0 Å². The Morgan fingerprint density at radius 1 is 1.29 bits per heavy atom. The first kappa shape index (κ1) is 11.7. The van der Waals surface area contributed by atoms with Crippen LogP contribution in [0.15, 0.2) is 6.33 Å². The first-order valence-electron chi connectivity index (χ1n) is 5.52. The van der Waals surface area contributed by atoms with Gasteiger partial charge in [-0.15, -0.1) is 0 Å². The van der Waals surface area contributed by atoms with E-state index in [1.807, 2.05) is 27.2 Å². The molecule has 0 saturated carbocycles. The highest BCUT2D eigenvalue weighted by Gasteiger charge is 2.13. The van der Waals surface area contributed by atoms with E-state index in [0.717, 1.165) is 35.0 Å². The third-order valence-electron chi connectivity index (χ3n) is 3.16. The molecule has 6 nitrogen and oxygen atoms in total. The number of nitrogens with one attached hydrogen (secondary N) is 1. The fourth-order valence-corrected chi connectivity index (χ4v) is 1.95. The van der Waals surface area contributed by atoms with Crippen LogP contribution in [0.5, 0.6) is 0 Å². The number of anilines is 1. The van der Waals surface area contributed by atoms with Crippen LogP contribution in [-0.4, -0.2) is 19.3 Å². The molecule has 2 heterocycles. The summed E-state index contributed by atoms with van der Waals surface area (Å²) in [6.45, 7) is 6.77. The summed E-state index contributed by atoms with van der Waals surface area (Å²) in [4.78, 5) is 4.29. The number of nitrogen functional groups attached to an aromatic ring is 1. The molecule has 0 atom stereocenters. The zero-order valence-corrected chi connectivity index (χ0v) is 10.7. The number of hydrogen-bond acceptors (Lipinski definition) is 4. The largest absolute Gasteiger partial charge is 0.330 e. The van der Waals surface area contributed by atoms with Gasteiger partial charge in [0.25, 0.3) is 0 Å². The molecule has 0 bridgehead atoms. The van der Waals surface area contributed by atoms with E-state index < -0.39 is 0 Å². The number of nitrogens with two attached hydrogens (primary N) is 1. The molecule has 0 aliphatic heterocycles. The van der Waals surface area contributed by atoms with Crippen LogP contribution in [0.25, 0.3) is 0 Å². The lowest BCUT2D eigenvalue weighted by Crippen LogP contribution is -2.14. The molecule has 0 spiro atoms. The Balaban J connectivity index is 2.39. The molecule has 0 radical (unpaired) electrons. The molecule has 0 aliphatic carbocycles. The molecule has 2 aromatic rings. The van der Waals surface area contributed by atoms with Crippen molar-refractivity contribution < 1.29 is 0 Å². The lowest BCUT2D eigenvalue weighted by molar-refractivity contribution is 0.757. The van der Waals surface area contributed by atoms with Gasteiger partial charge in [-0.3, -0.25) is 4.68 Å². The molecular weight excluding hydrogens is 216 g/mol. The monoisotopic (exact) mass is 234 g/mol. The van der Waals surface area contributed by atoms with Crippen LogP contribution in [0.4, 0.5) is 5.82 Å². The number of hydrazine groups is 1. The number of nitrogens with zero attached hydrogens (tertiary/aromatic N) is 4. The molecule has 0 aliphatic rings. The average Bonchev–Trinajstić information content (AvgIpc) is 2.73. The van der Waals surface area contributed by atoms with Gasteiger partial charge in [0.2, 0.25) is 0 Å². The molecule has 2 rings (SSSR count). The lowest BCUT2D eigenvalue weighted by Gasteiger charge is -2.08. The van der Waals surface area contributed by atoms with Crippen LogP contribution in [0.1, 0.15) is 22.6 Å². The first-order chi connectivity index (χ1) is 8.04. The highest BCUT2D eigenvalue weighted by Crippen LogP contribution is 2.20. The summed E-state index contributed by atoms with van der Waals surface area (Å²) in [6, 6.07) is 0. The van der Waals surface area contributed by atoms with Crippen molar-refractivity contribution in [3.8, 4) is 0 Å². The lowest BCUT2D eigenvalue weighted by atomic mass is 10.2. The van der Waals surface area contributed by atoms with E-state index in [1.54, 1.807) is 4.68 Å². The van der Waals surface area contributed by atoms with Crippen molar-refractivity contribution in [1.82, 2.24) is 19.3 Å². The predicted octanol–water partition coefficient (Wildman–Crippen LogP) is 0.876. The summed E-state index contributed by atoms with van der Waals surface area (Å²) in [7, 11) is 1.87. The maximum absolute atomic E-state index is 5.53. The van der Waals surface area contributed by atoms with Crippen molar-refractivity contribution in [2.24, 2.45) is 12.9 Å². The van der Waals surface area contributed by atoms with Gasteiger partial charge in [0.1, 0.15) is 5.82 Å². The van der Waals surface area contributed by atoms with E-state index in [9.17, 15) is 0 Å². The Labute approximate surface area is 100 Å². The van der Waals surface area contributed by atoms with E-state index >= 15 is 0 Å². The van der Waals surface area contributed by atoms with Crippen LogP contribution < -0.4 is 11.3 Å². The van der Waals surface area contributed by atoms with Gasteiger partial charge < -0.3 is 9.99 Å². The normalized spacial score (nSPS) is 10.9. The van der Waals surface area contributed by atoms with Crippen molar-refractivity contribution in [2.45, 2.75) is 27.3 Å². The Bertz CT molecular complexity index is 536. The van der Waals surface area contributed by atoms with Gasteiger partial charge in [-0.1, -0.05) is 0 Å². The standard InChI is InChI=1S/C11H18N6/c1-7-9(3)17(6-13-7)5-10-8(2)15-16(4)11(10)14-12/h6,14H,5,12H2,1-4H3. The molecule has 3 N–H and O–H groups in total. The Morgan fingerprint density at radius 2 is 2.00 bits per heavy atom. The van der Waals surface area contributed by atoms with Gasteiger partial charge in [-0.25, -0.2) is 10.8 Å². The zero-order chi connectivity index (χ0) is 12.6. The quantitative estimate of drug-likeness (QED) is 0.610. The highest BCUT2D eigenvalue weighted by atomic mass is 15.4. The summed E-state index contributed by atoms with van der Waals surface area (Å²) in [5.41, 5.74) is 6.98. The van der Waals surface area contributed by atoms with Crippen molar-refractivity contribution in [3.63, 3.8) is 0 Å². The number of imidazole rings is 1. The fourth-order valence-electron chi connectivity index (χ4n) is 1.95. The minimum Gasteiger partial charge on any atom is -0.330 e. The van der Waals surface area contributed by atoms with Gasteiger partial charge in [-0.05, 0) is 20.8 Å². The molecule has 92 valence electrons. The van der Waals surface area contributed by atoms with Crippen LogP contribution in [0.3, 0.4) is 0 Å². The summed E-state index contributed by atoms with van der Waals surface area (Å²) >= 11 is 0. The molecule has 0 fully saturated rings. The number of rotatable bonds is 3. The summed E-state index contributed by atoms with van der Waals surface area (Å²) in [5.74, 6) is 6.37. The van der Waals surface area contributed by atoms with E-state index in [-0.39, 0.29) is 0 Å². The third-order valence-corrected chi connectivity index (χ3v) is 3.16. The molecule has 17 heavy (non-hydrogen) atoms. The second kappa shape index (κ2) is 4.21. The number of hydrogen-bond donors (Lipinski definition) is 2. The molecule has 0 amide bonds. The molecule has 0 unspecified atom stereocenters. The second-order valence-corrected chi connectivity index (χ2v) is 4.22. The Hall–Kier alpha value is -1.82. The average molecular weight is 234 g/mol. The smallest absolute Gasteiger partial charge is 0.143 e. The van der Waals surface area contributed by atoms with E-state index in [4.69, 9.17) is 5.84 Å². The van der Waals surface area contributed by atoms with Crippen molar-refractivity contribution in [2.75, 3.05) is 5.43 Å². The predicted molar refractivity (Wildman–Crippen MR) is 66.6 cm³/mol. The topological polar surface area (TPSA) is 73.7 Å². The maximum atomic E-state index is 5.53. The number of aromatic nitrogens is 4. The summed E-state index contributed by atoms with van der Waals surface area (Å²) in [6.07, 6.45) is 1.84. The molecule has 0 aromatic carbocycles. The number of aryl methyl sites for hydroxylation is 3. The van der Waals surface area contributed by atoms with Crippen LogP contribution in [0.2, 0.25) is 0 Å². The van der Waals surface area contributed by atoms with Crippen molar-refractivity contribution in [3.05, 3.63) is 29.0 Å². The summed E-state index contributed by atoms with van der Waals surface area (Å²) < 4.78 is 3.85. The van der Waals surface area contributed by atoms with E-state index in [2.05, 4.69) is 27.0 Å². The third kappa shape index (κ3) is 1.91. The highest BCUT2D eigenvalue weighted by molar-refractivity contribution is 5.46. The maximum Gasteiger partial charge on any atom is 0.143 e. The Morgan fingerprint density at radius 3 is 2.53 bits per heavy atom. The van der Waals surface area contributed by atoms with Gasteiger partial charge >= 0.3 is 0 Å². The van der Waals surface area contributed by atoms with Crippen molar-refractivity contribution in [1.29, 1.82) is 0 Å². The van der Waals surface area contributed by atoms with Gasteiger partial charge in [-0.2, -0.15) is 5.10 Å². The van der Waals surface area contributed by atoms with Crippen LogP contribution in [-0.2, 0) is 13.6 Å². The van der Waals surface area contributed by atoms with Gasteiger partial charge in [0, 0.05) is 18.3 Å². The van der Waals surface area contributed by atoms with Crippen LogP contribution in [0, 0.1) is 20.8 Å². The zero-order valence-electron chi connectivity index (χ0n) is 10.7. The van der Waals surface area contributed by atoms with E-state index in [1.165, 1.54) is 0 Å². The first-order valence-corrected chi connectivity index (χ1v) is 5.52. The van der Waals surface area contributed by atoms with Gasteiger partial charge in [0.05, 0.1) is 24.3 Å². The molecule has 0 saturated heterocycles. The fraction of sp³-hybridized carbons (Fsp3) is 0.455. The minimum absolute atomic E-state index is 0.728. The molecule has 2 aromatic heterocycles. The second-order valence-electron chi connectivity index (χ2n) is 4.22. The van der Waals surface area contributed by atoms with E-state index in [0.29, 0.717) is 0 Å². The van der Waals surface area contributed by atoms with Crippen molar-refractivity contribution >= 4 is 5.82 Å². The van der Waals surface area contributed by atoms with Gasteiger partial charge in [0.15, 0.2) is 0 Å². The Kier molecular flexibility index (Phi) is 2.89.